The Morgan fingerprint density at radius 3 is 2.17 bits per heavy atom. The van der Waals surface area contributed by atoms with Crippen molar-refractivity contribution in [3.8, 4) is 33.7 Å². The fourth-order valence-electron chi connectivity index (χ4n) is 7.65. The number of rotatable bonds is 6. The van der Waals surface area contributed by atoms with Gasteiger partial charge in [-0.2, -0.15) is 0 Å². The van der Waals surface area contributed by atoms with Crippen LogP contribution in [-0.4, -0.2) is 4.57 Å². The van der Waals surface area contributed by atoms with Crippen molar-refractivity contribution in [1.29, 1.82) is 0 Å². The van der Waals surface area contributed by atoms with Gasteiger partial charge in [-0.15, -0.1) is 0 Å². The lowest BCUT2D eigenvalue weighted by molar-refractivity contribution is 0.446. The number of aromatic nitrogens is 1. The molecule has 246 valence electrons. The van der Waals surface area contributed by atoms with Gasteiger partial charge >= 0.3 is 0 Å². The van der Waals surface area contributed by atoms with Gasteiger partial charge in [0.15, 0.2) is 0 Å². The fourth-order valence-corrected chi connectivity index (χ4v) is 7.65. The van der Waals surface area contributed by atoms with Crippen molar-refractivity contribution in [3.05, 3.63) is 199 Å². The van der Waals surface area contributed by atoms with Gasteiger partial charge in [0.2, 0.25) is 0 Å². The van der Waals surface area contributed by atoms with Gasteiger partial charge in [-0.1, -0.05) is 134 Å². The molecule has 10 rings (SSSR count). The van der Waals surface area contributed by atoms with Crippen LogP contribution in [0.25, 0.3) is 77.3 Å². The molecule has 0 radical (unpaired) electrons. The minimum Gasteiger partial charge on any atom is -0.461 e. The zero-order valence-electron chi connectivity index (χ0n) is 28.4. The van der Waals surface area contributed by atoms with E-state index in [1.165, 1.54) is 38.5 Å². The lowest BCUT2D eigenvalue weighted by Crippen LogP contribution is -1.94. The Morgan fingerprint density at radius 1 is 0.596 bits per heavy atom. The second-order valence-corrected chi connectivity index (χ2v) is 13.4. The molecule has 1 aliphatic rings. The van der Waals surface area contributed by atoms with E-state index in [4.69, 9.17) is 9.15 Å². The highest BCUT2D eigenvalue weighted by Gasteiger charge is 2.16. The Hall–Kier alpha value is -6.84. The molecule has 0 unspecified atom stereocenters. The zero-order chi connectivity index (χ0) is 34.6. The van der Waals surface area contributed by atoms with Crippen LogP contribution in [0, 0.1) is 0 Å². The van der Waals surface area contributed by atoms with Crippen LogP contribution in [0.15, 0.2) is 193 Å². The van der Waals surface area contributed by atoms with Gasteiger partial charge in [-0.05, 0) is 76.4 Å². The number of nitrogens with zero attached hydrogens (tertiary/aromatic N) is 1. The summed E-state index contributed by atoms with van der Waals surface area (Å²) in [5.41, 5.74) is 13.2. The number of hydrogen-bond donors (Lipinski definition) is 0. The first kappa shape index (κ1) is 30.0. The third kappa shape index (κ3) is 5.06. The highest BCUT2D eigenvalue weighted by molar-refractivity contribution is 6.11. The van der Waals surface area contributed by atoms with Crippen molar-refractivity contribution in [3.63, 3.8) is 0 Å². The van der Waals surface area contributed by atoms with Crippen LogP contribution in [0.5, 0.6) is 5.75 Å². The van der Waals surface area contributed by atoms with Crippen LogP contribution in [0.4, 0.5) is 0 Å². The van der Waals surface area contributed by atoms with Gasteiger partial charge in [0.1, 0.15) is 22.7 Å². The average molecular weight is 668 g/mol. The standard InChI is InChI=1S/C49H33NO2/c1-32(10-8-12-39-30-37-11-2-6-18-47(37)51-39)33-24-27-38(28-25-33)50-45-17-5-3-13-41(45)44-31-36(26-29-46(44)50)34-20-22-35(23-21-34)40-15-9-16-43-42-14-4-7-19-48(42)52-49(40)43/h2-29,31H,1,30H2/b10-8-,39-12+. The van der Waals surface area contributed by atoms with Crippen molar-refractivity contribution in [2.75, 3.05) is 0 Å². The monoisotopic (exact) mass is 667 g/mol. The zero-order valence-corrected chi connectivity index (χ0v) is 28.4. The molecule has 0 atom stereocenters. The van der Waals surface area contributed by atoms with E-state index in [1.54, 1.807) is 0 Å². The molecule has 0 aliphatic carbocycles. The summed E-state index contributed by atoms with van der Waals surface area (Å²) in [6, 6.07) is 55.8. The summed E-state index contributed by atoms with van der Waals surface area (Å²) in [5, 5.41) is 4.75. The van der Waals surface area contributed by atoms with Gasteiger partial charge in [0.25, 0.3) is 0 Å². The minimum absolute atomic E-state index is 0.815. The summed E-state index contributed by atoms with van der Waals surface area (Å²) in [4.78, 5) is 0. The van der Waals surface area contributed by atoms with E-state index in [9.17, 15) is 0 Å². The number of ether oxygens (including phenoxy) is 1. The Labute approximate surface area is 301 Å². The second kappa shape index (κ2) is 12.2. The molecule has 0 amide bonds. The first-order chi connectivity index (χ1) is 25.7. The maximum atomic E-state index is 6.33. The average Bonchev–Trinajstić information content (AvgIpc) is 3.89. The second-order valence-electron chi connectivity index (χ2n) is 13.4. The molecular weight excluding hydrogens is 635 g/mol. The first-order valence-electron chi connectivity index (χ1n) is 17.6. The highest BCUT2D eigenvalue weighted by Crippen LogP contribution is 2.38. The summed E-state index contributed by atoms with van der Waals surface area (Å²) in [6.45, 7) is 4.34. The van der Waals surface area contributed by atoms with Crippen molar-refractivity contribution < 1.29 is 9.15 Å². The number of para-hydroxylation sites is 4. The van der Waals surface area contributed by atoms with Crippen LogP contribution in [0.1, 0.15) is 11.1 Å². The largest absolute Gasteiger partial charge is 0.461 e. The SMILES string of the molecule is C=C(/C=C\C=C1/Cc2ccccc2O1)c1ccc(-n2c3ccccc3c3cc(-c4ccc(-c5cccc6c5oc5ccccc56)cc4)ccc32)cc1. The number of fused-ring (bicyclic) bond motifs is 7. The summed E-state index contributed by atoms with van der Waals surface area (Å²) in [5.74, 6) is 1.89. The molecule has 9 aromatic rings. The number of hydrogen-bond acceptors (Lipinski definition) is 2. The van der Waals surface area contributed by atoms with Gasteiger partial charge in [0, 0.05) is 44.8 Å². The van der Waals surface area contributed by atoms with Crippen LogP contribution in [0.2, 0.25) is 0 Å². The maximum Gasteiger partial charge on any atom is 0.143 e. The van der Waals surface area contributed by atoms with E-state index in [0.717, 1.165) is 67.8 Å². The molecule has 52 heavy (non-hydrogen) atoms. The molecule has 1 aliphatic heterocycles. The quantitative estimate of drug-likeness (QED) is 0.165. The van der Waals surface area contributed by atoms with Crippen LogP contribution in [0.3, 0.4) is 0 Å². The minimum atomic E-state index is 0.815. The van der Waals surface area contributed by atoms with Gasteiger partial charge in [0.05, 0.1) is 11.0 Å². The van der Waals surface area contributed by atoms with E-state index >= 15 is 0 Å². The number of benzene rings is 7. The molecule has 3 heterocycles. The molecule has 0 N–H and O–H groups in total. The molecule has 0 spiro atoms. The van der Waals surface area contributed by atoms with E-state index in [2.05, 4.69) is 145 Å². The molecule has 0 bridgehead atoms. The van der Waals surface area contributed by atoms with Crippen molar-refractivity contribution in [2.24, 2.45) is 0 Å². The molecule has 0 saturated carbocycles. The van der Waals surface area contributed by atoms with Crippen molar-refractivity contribution >= 4 is 49.3 Å². The van der Waals surface area contributed by atoms with Crippen LogP contribution >= 0.6 is 0 Å². The summed E-state index contributed by atoms with van der Waals surface area (Å²) in [7, 11) is 0. The molecule has 3 heteroatoms. The van der Waals surface area contributed by atoms with E-state index in [-0.39, 0.29) is 0 Å². The van der Waals surface area contributed by atoms with Crippen molar-refractivity contribution in [2.45, 2.75) is 6.42 Å². The molecular formula is C49H33NO2. The van der Waals surface area contributed by atoms with Crippen molar-refractivity contribution in [1.82, 2.24) is 4.57 Å². The summed E-state index contributed by atoms with van der Waals surface area (Å²) >= 11 is 0. The van der Waals surface area contributed by atoms with Gasteiger partial charge in [-0.3, -0.25) is 0 Å². The molecule has 0 fully saturated rings. The lowest BCUT2D eigenvalue weighted by Gasteiger charge is -2.10. The molecule has 3 nitrogen and oxygen atoms in total. The maximum absolute atomic E-state index is 6.33. The molecule has 2 aromatic heterocycles. The Balaban J connectivity index is 0.939. The normalized spacial score (nSPS) is 13.5. The topological polar surface area (TPSA) is 27.3 Å². The van der Waals surface area contributed by atoms with E-state index in [0.29, 0.717) is 0 Å². The van der Waals surface area contributed by atoms with Gasteiger partial charge < -0.3 is 13.7 Å². The lowest BCUT2D eigenvalue weighted by atomic mass is 9.98. The molecule has 7 aromatic carbocycles. The smallest absolute Gasteiger partial charge is 0.143 e. The predicted molar refractivity (Wildman–Crippen MR) is 216 cm³/mol. The predicted octanol–water partition coefficient (Wildman–Crippen LogP) is 13.1. The third-order valence-corrected chi connectivity index (χ3v) is 10.3. The first-order valence-corrected chi connectivity index (χ1v) is 17.6. The van der Waals surface area contributed by atoms with E-state index in [1.807, 2.05) is 42.5 Å². The van der Waals surface area contributed by atoms with Crippen LogP contribution in [-0.2, 0) is 6.42 Å². The Kier molecular flexibility index (Phi) is 7.04. The Morgan fingerprint density at radius 2 is 1.31 bits per heavy atom. The summed E-state index contributed by atoms with van der Waals surface area (Å²) < 4.78 is 14.7. The fraction of sp³-hybridized carbons (Fsp3) is 0.0204. The highest BCUT2D eigenvalue weighted by atomic mass is 16.5. The molecule has 0 saturated heterocycles. The number of allylic oxidation sites excluding steroid dienone is 5. The van der Waals surface area contributed by atoms with Crippen LogP contribution < -0.4 is 4.74 Å². The summed E-state index contributed by atoms with van der Waals surface area (Å²) in [6.07, 6.45) is 6.91. The number of furan rings is 1. The third-order valence-electron chi connectivity index (χ3n) is 10.3. The van der Waals surface area contributed by atoms with E-state index < -0.39 is 0 Å². The van der Waals surface area contributed by atoms with Gasteiger partial charge in [-0.25, -0.2) is 0 Å². The Bertz CT molecular complexity index is 2870.